The lowest BCUT2D eigenvalue weighted by atomic mass is 10.0. The normalized spacial score (nSPS) is 11.4. The molecule has 0 saturated carbocycles. The van der Waals surface area contributed by atoms with Gasteiger partial charge in [0.25, 0.3) is 0 Å². The molecule has 5 aromatic carbocycles. The molecule has 3 aromatic heterocycles. The van der Waals surface area contributed by atoms with Gasteiger partial charge in [-0.15, -0.1) is 0 Å². The lowest BCUT2D eigenvalue weighted by molar-refractivity contribution is 0.868. The van der Waals surface area contributed by atoms with Gasteiger partial charge in [-0.05, 0) is 23.8 Å². The summed E-state index contributed by atoms with van der Waals surface area (Å²) in [6.07, 6.45) is 0. The first-order valence-corrected chi connectivity index (χ1v) is 13.9. The Hall–Kier alpha value is -5.81. The summed E-state index contributed by atoms with van der Waals surface area (Å²) in [5.41, 5.74) is 7.76. The van der Waals surface area contributed by atoms with Gasteiger partial charge < -0.3 is 0 Å². The Morgan fingerprint density at radius 1 is 0.476 bits per heavy atom. The second-order valence-electron chi connectivity index (χ2n) is 10.2. The third-order valence-electron chi connectivity index (χ3n) is 7.77. The predicted molar refractivity (Wildman–Crippen MR) is 170 cm³/mol. The topological polar surface area (TPSA) is 52.2 Å². The summed E-state index contributed by atoms with van der Waals surface area (Å²) in [7, 11) is 0. The predicted octanol–water partition coefficient (Wildman–Crippen LogP) is 8.19. The van der Waals surface area contributed by atoms with E-state index in [2.05, 4.69) is 24.3 Å². The molecule has 0 saturated heterocycles. The first kappa shape index (κ1) is 24.0. The smallest absolute Gasteiger partial charge is 0.260 e. The Morgan fingerprint density at radius 3 is 1.55 bits per heavy atom. The van der Waals surface area contributed by atoms with Gasteiger partial charge in [-0.1, -0.05) is 127 Å². The Kier molecular flexibility index (Phi) is 5.54. The minimum atomic E-state index is -0.216. The number of para-hydroxylation sites is 2. The minimum Gasteiger partial charge on any atom is -0.260 e. The van der Waals surface area contributed by atoms with E-state index < -0.39 is 0 Å². The van der Waals surface area contributed by atoms with Crippen LogP contribution in [0.3, 0.4) is 0 Å². The van der Waals surface area contributed by atoms with Crippen molar-refractivity contribution in [1.82, 2.24) is 18.9 Å². The molecule has 0 spiro atoms. The van der Waals surface area contributed by atoms with E-state index in [1.165, 1.54) is 0 Å². The van der Waals surface area contributed by atoms with Gasteiger partial charge in [0.2, 0.25) is 5.95 Å². The highest BCUT2D eigenvalue weighted by atomic mass is 16.1. The monoisotopic (exact) mass is 540 g/mol. The number of fused-ring (bicyclic) bond motifs is 5. The van der Waals surface area contributed by atoms with E-state index in [0.717, 1.165) is 61.0 Å². The van der Waals surface area contributed by atoms with Gasteiger partial charge in [0.15, 0.2) is 0 Å². The lowest BCUT2D eigenvalue weighted by Crippen LogP contribution is -2.27. The van der Waals surface area contributed by atoms with Crippen LogP contribution in [0, 0.1) is 0 Å². The standard InChI is InChI=1S/C37H24N4O/c42-37-40-32-22-12-10-20-28(32)34(27-18-8-3-9-19-27)35(40)29-21-11-13-23-33(29)41(37)36-38-30(25-14-4-1-5-15-25)24-31(39-36)26-16-6-2-7-17-26/h1-24H. The maximum atomic E-state index is 14.7. The molecule has 0 atom stereocenters. The van der Waals surface area contributed by atoms with Gasteiger partial charge >= 0.3 is 5.69 Å². The van der Waals surface area contributed by atoms with Crippen molar-refractivity contribution in [3.05, 3.63) is 156 Å². The molecule has 5 heteroatoms. The minimum absolute atomic E-state index is 0.216. The van der Waals surface area contributed by atoms with Crippen molar-refractivity contribution < 1.29 is 0 Å². The average Bonchev–Trinajstić information content (AvgIpc) is 3.42. The average molecular weight is 541 g/mol. The van der Waals surface area contributed by atoms with Crippen LogP contribution in [0.15, 0.2) is 150 Å². The third-order valence-corrected chi connectivity index (χ3v) is 7.77. The van der Waals surface area contributed by atoms with Crippen LogP contribution >= 0.6 is 0 Å². The fourth-order valence-electron chi connectivity index (χ4n) is 5.90. The van der Waals surface area contributed by atoms with Crippen molar-refractivity contribution in [2.45, 2.75) is 0 Å². The first-order chi connectivity index (χ1) is 20.8. The van der Waals surface area contributed by atoms with Crippen molar-refractivity contribution in [2.24, 2.45) is 0 Å². The van der Waals surface area contributed by atoms with Crippen LogP contribution in [0.4, 0.5) is 0 Å². The van der Waals surface area contributed by atoms with Crippen LogP contribution in [0.25, 0.3) is 66.9 Å². The number of hydrogen-bond donors (Lipinski definition) is 0. The first-order valence-electron chi connectivity index (χ1n) is 13.9. The largest absolute Gasteiger partial charge is 0.340 e. The molecule has 8 rings (SSSR count). The molecule has 0 fully saturated rings. The maximum absolute atomic E-state index is 14.7. The zero-order valence-electron chi connectivity index (χ0n) is 22.6. The third kappa shape index (κ3) is 3.75. The number of rotatable bonds is 4. The fourth-order valence-corrected chi connectivity index (χ4v) is 5.90. The van der Waals surface area contributed by atoms with Gasteiger partial charge in [0, 0.05) is 27.5 Å². The summed E-state index contributed by atoms with van der Waals surface area (Å²) in [6, 6.07) is 48.4. The molecular weight excluding hydrogens is 516 g/mol. The maximum Gasteiger partial charge on any atom is 0.340 e. The second kappa shape index (κ2) is 9.68. The number of hydrogen-bond acceptors (Lipinski definition) is 3. The second-order valence-corrected chi connectivity index (χ2v) is 10.2. The molecule has 0 aliphatic rings. The Bertz CT molecular complexity index is 2250. The SMILES string of the molecule is O=c1n(-c2nc(-c3ccccc3)cc(-c3ccccc3)n2)c2ccccc2c2c(-c3ccccc3)c3ccccc3n12. The fraction of sp³-hybridized carbons (Fsp3) is 0. The summed E-state index contributed by atoms with van der Waals surface area (Å²) < 4.78 is 3.48. The van der Waals surface area contributed by atoms with Gasteiger partial charge in [0.05, 0.1) is 27.9 Å². The van der Waals surface area contributed by atoms with E-state index in [9.17, 15) is 4.79 Å². The summed E-state index contributed by atoms with van der Waals surface area (Å²) in [4.78, 5) is 24.7. The highest BCUT2D eigenvalue weighted by Crippen LogP contribution is 2.38. The molecule has 0 bridgehead atoms. The Morgan fingerprint density at radius 2 is 0.952 bits per heavy atom. The number of benzene rings is 5. The summed E-state index contributed by atoms with van der Waals surface area (Å²) in [6.45, 7) is 0. The van der Waals surface area contributed by atoms with Crippen molar-refractivity contribution >= 4 is 27.3 Å². The van der Waals surface area contributed by atoms with E-state index in [-0.39, 0.29) is 5.69 Å². The van der Waals surface area contributed by atoms with Crippen molar-refractivity contribution in [3.8, 4) is 39.6 Å². The number of aromatic nitrogens is 4. The molecule has 0 aliphatic heterocycles. The van der Waals surface area contributed by atoms with Gasteiger partial charge in [-0.25, -0.2) is 19.3 Å². The Labute approximate surface area is 241 Å². The van der Waals surface area contributed by atoms with Crippen LogP contribution in [0.1, 0.15) is 0 Å². The quantitative estimate of drug-likeness (QED) is 0.226. The van der Waals surface area contributed by atoms with E-state index in [0.29, 0.717) is 5.95 Å². The number of nitrogens with zero attached hydrogens (tertiary/aromatic N) is 4. The molecule has 42 heavy (non-hydrogen) atoms. The summed E-state index contributed by atoms with van der Waals surface area (Å²) in [5, 5.41) is 1.97. The van der Waals surface area contributed by atoms with Gasteiger partial charge in [-0.2, -0.15) is 0 Å². The lowest BCUT2D eigenvalue weighted by Gasteiger charge is -2.15. The molecule has 198 valence electrons. The highest BCUT2D eigenvalue weighted by molar-refractivity contribution is 6.14. The van der Waals surface area contributed by atoms with Crippen LogP contribution in [0.5, 0.6) is 0 Å². The summed E-state index contributed by atoms with van der Waals surface area (Å²) in [5.74, 6) is 0.331. The highest BCUT2D eigenvalue weighted by Gasteiger charge is 2.22. The molecule has 0 unspecified atom stereocenters. The molecular formula is C37H24N4O. The van der Waals surface area contributed by atoms with Crippen molar-refractivity contribution in [2.75, 3.05) is 0 Å². The molecule has 8 aromatic rings. The van der Waals surface area contributed by atoms with Crippen molar-refractivity contribution in [1.29, 1.82) is 0 Å². The van der Waals surface area contributed by atoms with E-state index in [1.54, 1.807) is 4.57 Å². The van der Waals surface area contributed by atoms with Crippen LogP contribution in [-0.4, -0.2) is 18.9 Å². The zero-order valence-corrected chi connectivity index (χ0v) is 22.6. The van der Waals surface area contributed by atoms with Crippen LogP contribution in [-0.2, 0) is 0 Å². The van der Waals surface area contributed by atoms with E-state index in [4.69, 9.17) is 9.97 Å². The molecule has 0 radical (unpaired) electrons. The van der Waals surface area contributed by atoms with E-state index >= 15 is 0 Å². The van der Waals surface area contributed by atoms with Gasteiger partial charge in [-0.3, -0.25) is 4.40 Å². The van der Waals surface area contributed by atoms with Gasteiger partial charge in [0.1, 0.15) is 0 Å². The molecule has 5 nitrogen and oxygen atoms in total. The van der Waals surface area contributed by atoms with Crippen LogP contribution < -0.4 is 5.69 Å². The molecule has 3 heterocycles. The van der Waals surface area contributed by atoms with Crippen LogP contribution in [0.2, 0.25) is 0 Å². The molecule has 0 N–H and O–H groups in total. The Balaban J connectivity index is 1.53. The molecule has 0 aliphatic carbocycles. The molecule has 0 amide bonds. The zero-order chi connectivity index (χ0) is 28.0. The summed E-state index contributed by atoms with van der Waals surface area (Å²) >= 11 is 0. The van der Waals surface area contributed by atoms with E-state index in [1.807, 2.05) is 126 Å². The van der Waals surface area contributed by atoms with Crippen molar-refractivity contribution in [3.63, 3.8) is 0 Å².